The minimum atomic E-state index is -0.769. The Hall–Kier alpha value is -2.78. The van der Waals surface area contributed by atoms with Crippen molar-refractivity contribution in [2.75, 3.05) is 13.1 Å². The number of rotatable bonds is 9. The van der Waals surface area contributed by atoms with E-state index in [1.165, 1.54) is 50.5 Å². The van der Waals surface area contributed by atoms with Crippen molar-refractivity contribution in [1.29, 1.82) is 0 Å². The fraction of sp³-hybridized carbons (Fsp3) is 0.854. The zero-order chi connectivity index (χ0) is 37.8. The molecule has 0 aromatic rings. The maximum Gasteiger partial charge on any atom is 0.414 e. The minimum absolute atomic E-state index is 0.0880. The van der Waals surface area contributed by atoms with Crippen LogP contribution >= 0.6 is 0 Å². The van der Waals surface area contributed by atoms with E-state index in [2.05, 4.69) is 61.6 Å². The van der Waals surface area contributed by atoms with E-state index in [9.17, 15) is 14.4 Å². The quantitative estimate of drug-likeness (QED) is 0.0718. The molecule has 0 radical (unpaired) electrons. The molecule has 4 rings (SSSR count). The number of fused-ring (bicyclic) bond motifs is 5. The zero-order valence-electron chi connectivity index (χ0n) is 33.7. The smallest absolute Gasteiger partial charge is 0.414 e. The maximum absolute atomic E-state index is 12.9. The second-order valence-corrected chi connectivity index (χ2v) is 19.0. The summed E-state index contributed by atoms with van der Waals surface area (Å²) in [7, 11) is 0. The summed E-state index contributed by atoms with van der Waals surface area (Å²) in [4.78, 5) is 41.8. The predicted molar refractivity (Wildman–Crippen MR) is 202 cm³/mol. The van der Waals surface area contributed by atoms with E-state index in [-0.39, 0.29) is 30.6 Å². The van der Waals surface area contributed by atoms with Gasteiger partial charge in [0.05, 0.1) is 6.54 Å². The second-order valence-electron chi connectivity index (χ2n) is 19.0. The highest BCUT2D eigenvalue weighted by atomic mass is 16.6. The molecule has 51 heavy (non-hydrogen) atoms. The third-order valence-corrected chi connectivity index (χ3v) is 12.4. The van der Waals surface area contributed by atoms with Crippen molar-refractivity contribution in [2.45, 2.75) is 164 Å². The van der Waals surface area contributed by atoms with E-state index in [1.54, 1.807) is 41.5 Å². The predicted octanol–water partition coefficient (Wildman–Crippen LogP) is 9.53. The van der Waals surface area contributed by atoms with Gasteiger partial charge in [-0.15, -0.1) is 0 Å². The molecule has 10 heteroatoms. The molecule has 1 unspecified atom stereocenters. The Labute approximate surface area is 308 Å². The van der Waals surface area contributed by atoms with Gasteiger partial charge >= 0.3 is 18.3 Å². The molecule has 3 fully saturated rings. The van der Waals surface area contributed by atoms with Crippen LogP contribution in [0.1, 0.15) is 147 Å². The molecule has 4 aliphatic rings. The van der Waals surface area contributed by atoms with Gasteiger partial charge in [-0.25, -0.2) is 14.4 Å². The number of allylic oxidation sites excluding steroid dienone is 1. The van der Waals surface area contributed by atoms with Gasteiger partial charge in [-0.1, -0.05) is 65.5 Å². The van der Waals surface area contributed by atoms with Crippen molar-refractivity contribution in [3.8, 4) is 0 Å². The first-order chi connectivity index (χ1) is 23.7. The Balaban J connectivity index is 1.29. The minimum Gasteiger partial charge on any atom is -0.446 e. The lowest BCUT2D eigenvalue weighted by atomic mass is 9.47. The SMILES string of the molecule is CC(C)CCCC(C)[C@H]1CC[C@H]2[C@@H]3CC=C4C[C@@H](OC(=O)NCCN=C(NC(=O)OC(C)(C)C)NC(=O)OC(C)(C)C)CC[C@]4(C)[C@H]3CC[C@]12C. The topological polar surface area (TPSA) is 127 Å². The Morgan fingerprint density at radius 1 is 0.863 bits per heavy atom. The van der Waals surface area contributed by atoms with Crippen LogP contribution in [0, 0.1) is 46.3 Å². The molecule has 0 aromatic carbocycles. The van der Waals surface area contributed by atoms with E-state index in [1.807, 2.05) is 0 Å². The van der Waals surface area contributed by atoms with Crippen molar-refractivity contribution in [3.05, 3.63) is 11.6 Å². The number of hydrogen-bond acceptors (Lipinski definition) is 7. The number of aliphatic imine (C=N–C) groups is 1. The number of nitrogens with zero attached hydrogens (tertiary/aromatic N) is 1. The summed E-state index contributed by atoms with van der Waals surface area (Å²) in [6.45, 7) is 23.0. The highest BCUT2D eigenvalue weighted by Crippen LogP contribution is 2.67. The number of carbonyl (C=O) groups excluding carboxylic acids is 3. The molecule has 3 amide bonds. The summed E-state index contributed by atoms with van der Waals surface area (Å²) in [6.07, 6.45) is 13.8. The van der Waals surface area contributed by atoms with Crippen LogP contribution in [0.25, 0.3) is 0 Å². The van der Waals surface area contributed by atoms with Crippen molar-refractivity contribution in [2.24, 2.45) is 51.3 Å². The number of hydrogen-bond donors (Lipinski definition) is 3. The van der Waals surface area contributed by atoms with Gasteiger partial charge in [0.1, 0.15) is 17.3 Å². The van der Waals surface area contributed by atoms with Gasteiger partial charge in [0.2, 0.25) is 5.96 Å². The van der Waals surface area contributed by atoms with Crippen LogP contribution < -0.4 is 16.0 Å². The van der Waals surface area contributed by atoms with Crippen LogP contribution in [0.4, 0.5) is 14.4 Å². The highest BCUT2D eigenvalue weighted by Gasteiger charge is 2.59. The molecule has 8 atom stereocenters. The summed E-state index contributed by atoms with van der Waals surface area (Å²) in [5.74, 6) is 4.65. The van der Waals surface area contributed by atoms with Gasteiger partial charge in [0.25, 0.3) is 0 Å². The molecular weight excluding hydrogens is 644 g/mol. The standard InChI is InChI=1S/C41H70N4O6/c1-26(2)13-12-14-27(3)31-17-18-32-30-16-15-28-25-29(19-21-40(28,10)33(30)20-22-41(31,32)11)49-35(46)43-24-23-42-34(44-36(47)50-38(4,5)6)45-37(48)51-39(7,8)9/h15,26-27,29-33H,12-14,16-25H2,1-11H3,(H,43,46)(H2,42,44,45,47,48)/t27?,29-,30-,31+,32-,33-,40-,41+/m0/s1. The first kappa shape index (κ1) is 41.0. The van der Waals surface area contributed by atoms with Crippen LogP contribution in [-0.4, -0.2) is 54.6 Å². The van der Waals surface area contributed by atoms with Gasteiger partial charge in [-0.3, -0.25) is 15.6 Å². The second kappa shape index (κ2) is 16.5. The molecule has 0 aromatic heterocycles. The zero-order valence-corrected chi connectivity index (χ0v) is 33.7. The first-order valence-electron chi connectivity index (χ1n) is 19.9. The number of alkyl carbamates (subject to hydrolysis) is 3. The lowest BCUT2D eigenvalue weighted by Crippen LogP contribution is -2.51. The molecule has 0 bridgehead atoms. The molecule has 0 aliphatic heterocycles. The Morgan fingerprint density at radius 3 is 2.12 bits per heavy atom. The Morgan fingerprint density at radius 2 is 1.51 bits per heavy atom. The lowest BCUT2D eigenvalue weighted by molar-refractivity contribution is -0.0581. The van der Waals surface area contributed by atoms with E-state index in [4.69, 9.17) is 14.2 Å². The highest BCUT2D eigenvalue weighted by molar-refractivity contribution is 6.01. The molecule has 10 nitrogen and oxygen atoms in total. The number of guanidine groups is 1. The molecule has 3 saturated carbocycles. The fourth-order valence-corrected chi connectivity index (χ4v) is 10.2. The molecule has 4 aliphatic carbocycles. The molecule has 290 valence electrons. The monoisotopic (exact) mass is 715 g/mol. The third kappa shape index (κ3) is 10.9. The van der Waals surface area contributed by atoms with Crippen molar-refractivity contribution >= 4 is 24.2 Å². The fourth-order valence-electron chi connectivity index (χ4n) is 10.2. The largest absolute Gasteiger partial charge is 0.446 e. The molecular formula is C41H70N4O6. The van der Waals surface area contributed by atoms with Crippen LogP contribution in [0.2, 0.25) is 0 Å². The van der Waals surface area contributed by atoms with Crippen molar-refractivity contribution in [1.82, 2.24) is 16.0 Å². The maximum atomic E-state index is 12.9. The van der Waals surface area contributed by atoms with E-state index >= 15 is 0 Å². The van der Waals surface area contributed by atoms with E-state index < -0.39 is 29.5 Å². The average molecular weight is 715 g/mol. The summed E-state index contributed by atoms with van der Waals surface area (Å²) >= 11 is 0. The summed E-state index contributed by atoms with van der Waals surface area (Å²) in [5.41, 5.74) is 0.682. The van der Waals surface area contributed by atoms with Crippen molar-refractivity contribution in [3.63, 3.8) is 0 Å². The number of ether oxygens (including phenoxy) is 3. The van der Waals surface area contributed by atoms with Crippen LogP contribution in [-0.2, 0) is 14.2 Å². The van der Waals surface area contributed by atoms with E-state index in [0.717, 1.165) is 61.2 Å². The average Bonchev–Trinajstić information content (AvgIpc) is 3.34. The summed E-state index contributed by atoms with van der Waals surface area (Å²) < 4.78 is 16.5. The number of carbonyl (C=O) groups is 3. The van der Waals surface area contributed by atoms with Crippen LogP contribution in [0.3, 0.4) is 0 Å². The molecule has 0 heterocycles. The van der Waals surface area contributed by atoms with Crippen LogP contribution in [0.15, 0.2) is 16.6 Å². The number of amides is 3. The summed E-state index contributed by atoms with van der Waals surface area (Å²) in [6, 6.07) is 0. The third-order valence-electron chi connectivity index (χ3n) is 12.4. The molecule has 3 N–H and O–H groups in total. The Kier molecular flexibility index (Phi) is 13.2. The number of nitrogens with one attached hydrogen (secondary N) is 3. The lowest BCUT2D eigenvalue weighted by Gasteiger charge is -2.58. The van der Waals surface area contributed by atoms with Gasteiger partial charge in [-0.05, 0) is 133 Å². The van der Waals surface area contributed by atoms with Gasteiger partial charge in [-0.2, -0.15) is 0 Å². The van der Waals surface area contributed by atoms with E-state index in [0.29, 0.717) is 5.41 Å². The van der Waals surface area contributed by atoms with Gasteiger partial charge in [0, 0.05) is 13.0 Å². The molecule has 0 saturated heterocycles. The van der Waals surface area contributed by atoms with Crippen LogP contribution in [0.5, 0.6) is 0 Å². The summed E-state index contributed by atoms with van der Waals surface area (Å²) in [5, 5.41) is 7.68. The molecule has 0 spiro atoms. The van der Waals surface area contributed by atoms with Crippen molar-refractivity contribution < 1.29 is 28.6 Å². The normalized spacial score (nSPS) is 30.8. The van der Waals surface area contributed by atoms with Gasteiger partial charge in [0.15, 0.2) is 0 Å². The first-order valence-corrected chi connectivity index (χ1v) is 19.9. The van der Waals surface area contributed by atoms with Gasteiger partial charge < -0.3 is 19.5 Å². The Bertz CT molecular complexity index is 1270.